The number of carbonyl (C=O) groups is 1. The molecule has 1 amide bonds. The van der Waals surface area contributed by atoms with Gasteiger partial charge in [-0.1, -0.05) is 48.2 Å². The maximum absolute atomic E-state index is 12.7. The fourth-order valence-electron chi connectivity index (χ4n) is 4.28. The molecular weight excluding hydrogens is 488 g/mol. The molecule has 6 nitrogen and oxygen atoms in total. The van der Waals surface area contributed by atoms with E-state index in [0.717, 1.165) is 32.7 Å². The average Bonchev–Trinajstić information content (AvgIpc) is 3.47. The van der Waals surface area contributed by atoms with Gasteiger partial charge in [-0.3, -0.25) is 9.78 Å². The SMILES string of the molecule is Cc1cccc(NC(=O)CCN2C(=S)N[C@@H](c3ccccn3)[C@H]2c2ccc(Sc3ccccc3)o2)c1. The van der Waals surface area contributed by atoms with Gasteiger partial charge in [-0.05, 0) is 73.2 Å². The number of pyridine rings is 1. The van der Waals surface area contributed by atoms with Crippen molar-refractivity contribution in [3.05, 3.63) is 108 Å². The number of carbonyl (C=O) groups excluding carboxylic acids is 1. The smallest absolute Gasteiger partial charge is 0.226 e. The number of thiocarbonyl (C=S) groups is 1. The molecule has 0 aliphatic carbocycles. The minimum absolute atomic E-state index is 0.0665. The van der Waals surface area contributed by atoms with Crippen LogP contribution >= 0.6 is 24.0 Å². The Labute approximate surface area is 220 Å². The molecule has 8 heteroatoms. The van der Waals surface area contributed by atoms with Crippen LogP contribution in [0.5, 0.6) is 0 Å². The van der Waals surface area contributed by atoms with E-state index in [4.69, 9.17) is 16.6 Å². The highest BCUT2D eigenvalue weighted by molar-refractivity contribution is 7.99. The summed E-state index contributed by atoms with van der Waals surface area (Å²) in [5.74, 6) is 0.707. The van der Waals surface area contributed by atoms with Crippen molar-refractivity contribution < 1.29 is 9.21 Å². The Hall–Kier alpha value is -3.62. The number of aryl methyl sites for hydroxylation is 1. The monoisotopic (exact) mass is 514 g/mol. The second-order valence-corrected chi connectivity index (χ2v) is 10.0. The van der Waals surface area contributed by atoms with Crippen LogP contribution in [-0.4, -0.2) is 27.4 Å². The zero-order valence-corrected chi connectivity index (χ0v) is 21.4. The van der Waals surface area contributed by atoms with Crippen LogP contribution in [0.2, 0.25) is 0 Å². The number of hydrogen-bond acceptors (Lipinski definition) is 5. The Bertz CT molecular complexity index is 1340. The largest absolute Gasteiger partial charge is 0.452 e. The maximum atomic E-state index is 12.7. The maximum Gasteiger partial charge on any atom is 0.226 e. The molecule has 0 unspecified atom stereocenters. The Morgan fingerprint density at radius 2 is 1.92 bits per heavy atom. The van der Waals surface area contributed by atoms with Gasteiger partial charge in [0.05, 0.1) is 11.7 Å². The summed E-state index contributed by atoms with van der Waals surface area (Å²) >= 11 is 7.28. The Kier molecular flexibility index (Phi) is 7.34. The molecule has 2 N–H and O–H groups in total. The van der Waals surface area contributed by atoms with Crippen molar-refractivity contribution in [2.75, 3.05) is 11.9 Å². The molecule has 1 aliphatic rings. The van der Waals surface area contributed by atoms with Crippen LogP contribution in [0.25, 0.3) is 0 Å². The zero-order chi connectivity index (χ0) is 24.9. The topological polar surface area (TPSA) is 70.4 Å². The van der Waals surface area contributed by atoms with E-state index in [9.17, 15) is 4.79 Å². The summed E-state index contributed by atoms with van der Waals surface area (Å²) in [5, 5.41) is 7.76. The average molecular weight is 515 g/mol. The summed E-state index contributed by atoms with van der Waals surface area (Å²) in [6.07, 6.45) is 2.06. The standard InChI is InChI=1S/C28H26N4O2S2/c1-19-8-7-9-20(18-19)30-24(33)15-17-32-27(26(31-28(32)35)22-12-5-6-16-29-22)23-13-14-25(34-23)36-21-10-3-2-4-11-21/h2-14,16,18,26-27H,15,17H2,1H3,(H,30,33)(H,31,35)/t26-,27+/m0/s1. The minimum Gasteiger partial charge on any atom is -0.452 e. The van der Waals surface area contributed by atoms with Crippen LogP contribution in [0.15, 0.2) is 106 Å². The summed E-state index contributed by atoms with van der Waals surface area (Å²) in [5.41, 5.74) is 2.75. The van der Waals surface area contributed by atoms with Gasteiger partial charge in [0.25, 0.3) is 0 Å². The van der Waals surface area contributed by atoms with Gasteiger partial charge in [0.15, 0.2) is 10.2 Å². The molecule has 0 bridgehead atoms. The lowest BCUT2D eigenvalue weighted by molar-refractivity contribution is -0.116. The van der Waals surface area contributed by atoms with Crippen molar-refractivity contribution in [2.24, 2.45) is 0 Å². The summed E-state index contributed by atoms with van der Waals surface area (Å²) in [6, 6.07) is 27.2. The lowest BCUT2D eigenvalue weighted by Crippen LogP contribution is -2.32. The predicted molar refractivity (Wildman–Crippen MR) is 146 cm³/mol. The van der Waals surface area contributed by atoms with Gasteiger partial charge in [0.1, 0.15) is 11.8 Å². The zero-order valence-electron chi connectivity index (χ0n) is 19.8. The molecule has 3 heterocycles. The number of nitrogens with zero attached hydrogens (tertiary/aromatic N) is 2. The van der Waals surface area contributed by atoms with Crippen molar-refractivity contribution in [1.29, 1.82) is 0 Å². The highest BCUT2D eigenvalue weighted by atomic mass is 32.2. The molecule has 0 spiro atoms. The molecule has 2 aromatic heterocycles. The van der Waals surface area contributed by atoms with Gasteiger partial charge in [-0.15, -0.1) is 0 Å². The molecule has 182 valence electrons. The molecule has 1 saturated heterocycles. The number of rotatable bonds is 8. The van der Waals surface area contributed by atoms with E-state index in [1.54, 1.807) is 18.0 Å². The van der Waals surface area contributed by atoms with E-state index >= 15 is 0 Å². The van der Waals surface area contributed by atoms with E-state index in [1.807, 2.05) is 84.6 Å². The van der Waals surface area contributed by atoms with Crippen LogP contribution in [0, 0.1) is 6.92 Å². The third-order valence-electron chi connectivity index (χ3n) is 5.93. The highest BCUT2D eigenvalue weighted by Crippen LogP contribution is 2.41. The first-order valence-electron chi connectivity index (χ1n) is 11.7. The third-order valence-corrected chi connectivity index (χ3v) is 7.22. The molecule has 5 rings (SSSR count). The van der Waals surface area contributed by atoms with Crippen LogP contribution < -0.4 is 10.6 Å². The van der Waals surface area contributed by atoms with E-state index in [-0.39, 0.29) is 24.4 Å². The molecule has 2 atom stereocenters. The predicted octanol–water partition coefficient (Wildman–Crippen LogP) is 6.14. The number of hydrogen-bond donors (Lipinski definition) is 2. The lowest BCUT2D eigenvalue weighted by atomic mass is 10.0. The number of aromatic nitrogens is 1. The van der Waals surface area contributed by atoms with Gasteiger partial charge in [0, 0.05) is 29.7 Å². The number of benzene rings is 2. The molecule has 0 radical (unpaired) electrons. The normalized spacial score (nSPS) is 17.1. The Balaban J connectivity index is 1.36. The molecule has 2 aromatic carbocycles. The summed E-state index contributed by atoms with van der Waals surface area (Å²) in [6.45, 7) is 2.44. The van der Waals surface area contributed by atoms with Crippen molar-refractivity contribution in [3.8, 4) is 0 Å². The number of anilines is 1. The first-order chi connectivity index (χ1) is 17.6. The van der Waals surface area contributed by atoms with Crippen molar-refractivity contribution in [3.63, 3.8) is 0 Å². The van der Waals surface area contributed by atoms with Gasteiger partial charge < -0.3 is 20.0 Å². The van der Waals surface area contributed by atoms with Crippen molar-refractivity contribution in [1.82, 2.24) is 15.2 Å². The van der Waals surface area contributed by atoms with E-state index in [2.05, 4.69) is 27.8 Å². The van der Waals surface area contributed by atoms with Crippen LogP contribution in [0.3, 0.4) is 0 Å². The molecule has 1 aliphatic heterocycles. The number of amides is 1. The number of nitrogens with one attached hydrogen (secondary N) is 2. The van der Waals surface area contributed by atoms with Crippen LogP contribution in [-0.2, 0) is 4.79 Å². The van der Waals surface area contributed by atoms with Crippen molar-refractivity contribution >= 4 is 40.7 Å². The minimum atomic E-state index is -0.232. The molecule has 0 saturated carbocycles. The second kappa shape index (κ2) is 11.0. The lowest BCUT2D eigenvalue weighted by Gasteiger charge is -2.25. The Morgan fingerprint density at radius 3 is 2.69 bits per heavy atom. The number of furan rings is 1. The first kappa shape index (κ1) is 24.1. The summed E-state index contributed by atoms with van der Waals surface area (Å²) in [7, 11) is 0. The molecule has 1 fully saturated rings. The van der Waals surface area contributed by atoms with Crippen LogP contribution in [0.1, 0.15) is 35.5 Å². The first-order valence-corrected chi connectivity index (χ1v) is 13.0. The summed E-state index contributed by atoms with van der Waals surface area (Å²) < 4.78 is 6.31. The van der Waals surface area contributed by atoms with E-state index < -0.39 is 0 Å². The van der Waals surface area contributed by atoms with Gasteiger partial charge in [-0.25, -0.2) is 0 Å². The van der Waals surface area contributed by atoms with Crippen molar-refractivity contribution in [2.45, 2.75) is 35.4 Å². The van der Waals surface area contributed by atoms with Gasteiger partial charge in [-0.2, -0.15) is 0 Å². The molecule has 4 aromatic rings. The summed E-state index contributed by atoms with van der Waals surface area (Å²) in [4.78, 5) is 20.4. The Morgan fingerprint density at radius 1 is 1.08 bits per heavy atom. The van der Waals surface area contributed by atoms with E-state index in [0.29, 0.717) is 11.7 Å². The van der Waals surface area contributed by atoms with Gasteiger partial charge >= 0.3 is 0 Å². The fourth-order valence-corrected chi connectivity index (χ4v) is 5.41. The van der Waals surface area contributed by atoms with Gasteiger partial charge in [0.2, 0.25) is 5.91 Å². The third kappa shape index (κ3) is 5.61. The molecule has 36 heavy (non-hydrogen) atoms. The molecular formula is C28H26N4O2S2. The quantitative estimate of drug-likeness (QED) is 0.274. The van der Waals surface area contributed by atoms with E-state index in [1.165, 1.54) is 0 Å². The second-order valence-electron chi connectivity index (χ2n) is 8.56. The fraction of sp³-hybridized carbons (Fsp3) is 0.179. The highest BCUT2D eigenvalue weighted by Gasteiger charge is 2.41. The van der Waals surface area contributed by atoms with Crippen LogP contribution in [0.4, 0.5) is 5.69 Å².